The zero-order valence-corrected chi connectivity index (χ0v) is 13.2. The van der Waals surface area contributed by atoms with Crippen LogP contribution < -0.4 is 15.4 Å². The van der Waals surface area contributed by atoms with E-state index in [9.17, 15) is 18.7 Å². The summed E-state index contributed by atoms with van der Waals surface area (Å²) < 4.78 is 28.6. The second-order valence-corrected chi connectivity index (χ2v) is 6.15. The van der Waals surface area contributed by atoms with Gasteiger partial charge in [-0.05, 0) is 17.5 Å². The fourth-order valence-electron chi connectivity index (χ4n) is 1.44. The zero-order chi connectivity index (χ0) is 16.9. The molecule has 0 saturated heterocycles. The van der Waals surface area contributed by atoms with Gasteiger partial charge in [0.2, 0.25) is 0 Å². The van der Waals surface area contributed by atoms with Crippen molar-refractivity contribution in [3.8, 4) is 5.75 Å². The Bertz CT molecular complexity index is 521. The number of aliphatic hydroxyl groups is 1. The molecule has 0 aromatic heterocycles. The third kappa shape index (κ3) is 6.03. The third-order valence-electron chi connectivity index (χ3n) is 2.86. The second-order valence-electron chi connectivity index (χ2n) is 5.74. The van der Waals surface area contributed by atoms with E-state index < -0.39 is 18.7 Å². The van der Waals surface area contributed by atoms with Gasteiger partial charge in [-0.3, -0.25) is 0 Å². The van der Waals surface area contributed by atoms with Crippen molar-refractivity contribution in [1.29, 1.82) is 0 Å². The highest BCUT2D eigenvalue weighted by molar-refractivity contribution is 6.32. The van der Waals surface area contributed by atoms with Crippen LogP contribution in [0.1, 0.15) is 20.8 Å². The Morgan fingerprint density at radius 2 is 2.05 bits per heavy atom. The summed E-state index contributed by atoms with van der Waals surface area (Å²) in [5, 5.41) is 14.8. The van der Waals surface area contributed by atoms with Crippen molar-refractivity contribution in [3.05, 3.63) is 23.2 Å². The SMILES string of the molecule is CC(C)(C)C(O)CNC(=O)Nc1ccc(Cl)c(OC(F)F)c1. The van der Waals surface area contributed by atoms with E-state index in [4.69, 9.17) is 11.6 Å². The van der Waals surface area contributed by atoms with Gasteiger partial charge in [-0.25, -0.2) is 4.79 Å². The number of alkyl halides is 2. The molecule has 0 heterocycles. The van der Waals surface area contributed by atoms with Crippen LogP contribution in [0.3, 0.4) is 0 Å². The molecule has 0 radical (unpaired) electrons. The van der Waals surface area contributed by atoms with Crippen LogP contribution in [0, 0.1) is 5.41 Å². The maximum absolute atomic E-state index is 12.2. The largest absolute Gasteiger partial charge is 0.433 e. The lowest BCUT2D eigenvalue weighted by molar-refractivity contribution is -0.0497. The molecule has 1 rings (SSSR count). The highest BCUT2D eigenvalue weighted by Gasteiger charge is 2.22. The van der Waals surface area contributed by atoms with Gasteiger partial charge >= 0.3 is 12.6 Å². The normalized spacial score (nSPS) is 12.9. The zero-order valence-electron chi connectivity index (χ0n) is 12.5. The predicted octanol–water partition coefficient (Wildman–Crippen LogP) is 3.47. The van der Waals surface area contributed by atoms with Crippen molar-refractivity contribution < 1.29 is 23.4 Å². The van der Waals surface area contributed by atoms with Crippen molar-refractivity contribution in [3.63, 3.8) is 0 Å². The molecule has 0 fully saturated rings. The summed E-state index contributed by atoms with van der Waals surface area (Å²) >= 11 is 5.71. The van der Waals surface area contributed by atoms with E-state index >= 15 is 0 Å². The Kier molecular flexibility index (Phi) is 6.37. The summed E-state index contributed by atoms with van der Waals surface area (Å²) in [6.45, 7) is 2.56. The molecule has 2 amide bonds. The predicted molar refractivity (Wildman–Crippen MR) is 80.6 cm³/mol. The van der Waals surface area contributed by atoms with Gasteiger partial charge in [0, 0.05) is 18.3 Å². The second kappa shape index (κ2) is 7.60. The van der Waals surface area contributed by atoms with Crippen LogP contribution in [0.5, 0.6) is 5.75 Å². The first-order valence-electron chi connectivity index (χ1n) is 6.57. The molecule has 0 bridgehead atoms. The summed E-state index contributed by atoms with van der Waals surface area (Å²) in [6.07, 6.45) is -0.721. The summed E-state index contributed by atoms with van der Waals surface area (Å²) in [5.74, 6) is -0.232. The number of halogens is 3. The van der Waals surface area contributed by atoms with Gasteiger partial charge in [-0.15, -0.1) is 0 Å². The van der Waals surface area contributed by atoms with E-state index in [1.807, 2.05) is 20.8 Å². The van der Waals surface area contributed by atoms with Gasteiger partial charge in [0.25, 0.3) is 0 Å². The minimum Gasteiger partial charge on any atom is -0.433 e. The number of carbonyl (C=O) groups excluding carboxylic acids is 1. The van der Waals surface area contributed by atoms with Crippen molar-refractivity contribution in [2.24, 2.45) is 5.41 Å². The molecule has 3 N–H and O–H groups in total. The van der Waals surface area contributed by atoms with Gasteiger partial charge in [-0.1, -0.05) is 32.4 Å². The molecule has 22 heavy (non-hydrogen) atoms. The monoisotopic (exact) mass is 336 g/mol. The van der Waals surface area contributed by atoms with Crippen LogP contribution in [-0.4, -0.2) is 30.4 Å². The standard InChI is InChI=1S/C14H19ClF2N2O3/c1-14(2,3)11(20)7-18-13(21)19-8-4-5-9(15)10(6-8)22-12(16)17/h4-6,11-12,20H,7H2,1-3H3,(H2,18,19,21). The van der Waals surface area contributed by atoms with E-state index in [0.717, 1.165) is 0 Å². The summed E-state index contributed by atoms with van der Waals surface area (Å²) in [5.41, 5.74) is -0.131. The molecule has 0 spiro atoms. The Hall–Kier alpha value is -1.60. The molecule has 1 unspecified atom stereocenters. The van der Waals surface area contributed by atoms with Crippen molar-refractivity contribution in [2.45, 2.75) is 33.5 Å². The number of hydrogen-bond acceptors (Lipinski definition) is 3. The molecule has 1 aromatic carbocycles. The number of aliphatic hydroxyl groups excluding tert-OH is 1. The van der Waals surface area contributed by atoms with Crippen LogP contribution in [0.25, 0.3) is 0 Å². The average Bonchev–Trinajstić information content (AvgIpc) is 2.38. The molecule has 0 aliphatic rings. The molecular weight excluding hydrogens is 318 g/mol. The molecule has 1 atom stereocenters. The number of benzene rings is 1. The lowest BCUT2D eigenvalue weighted by Gasteiger charge is -2.25. The Morgan fingerprint density at radius 1 is 1.41 bits per heavy atom. The van der Waals surface area contributed by atoms with Gasteiger partial charge in [0.15, 0.2) is 0 Å². The Balaban J connectivity index is 2.61. The van der Waals surface area contributed by atoms with Crippen LogP contribution >= 0.6 is 11.6 Å². The first kappa shape index (κ1) is 18.4. The van der Waals surface area contributed by atoms with E-state index in [1.165, 1.54) is 18.2 Å². The van der Waals surface area contributed by atoms with Gasteiger partial charge < -0.3 is 20.5 Å². The van der Waals surface area contributed by atoms with Crippen molar-refractivity contribution in [1.82, 2.24) is 5.32 Å². The smallest absolute Gasteiger partial charge is 0.387 e. The first-order valence-corrected chi connectivity index (χ1v) is 6.94. The number of urea groups is 1. The quantitative estimate of drug-likeness (QED) is 0.771. The number of amides is 2. The minimum absolute atomic E-state index is 0.00872. The van der Waals surface area contributed by atoms with Gasteiger partial charge in [-0.2, -0.15) is 8.78 Å². The van der Waals surface area contributed by atoms with Crippen LogP contribution in [0.2, 0.25) is 5.02 Å². The van der Waals surface area contributed by atoms with Crippen LogP contribution in [0.15, 0.2) is 18.2 Å². The Labute approximate surface area is 132 Å². The van der Waals surface area contributed by atoms with Crippen molar-refractivity contribution in [2.75, 3.05) is 11.9 Å². The third-order valence-corrected chi connectivity index (χ3v) is 3.17. The van der Waals surface area contributed by atoms with Gasteiger partial charge in [0.05, 0.1) is 11.1 Å². The number of anilines is 1. The lowest BCUT2D eigenvalue weighted by Crippen LogP contribution is -2.40. The van der Waals surface area contributed by atoms with Crippen LogP contribution in [-0.2, 0) is 0 Å². The fraction of sp³-hybridized carbons (Fsp3) is 0.500. The highest BCUT2D eigenvalue weighted by Crippen LogP contribution is 2.29. The number of ether oxygens (including phenoxy) is 1. The lowest BCUT2D eigenvalue weighted by atomic mass is 9.89. The highest BCUT2D eigenvalue weighted by atomic mass is 35.5. The fourth-order valence-corrected chi connectivity index (χ4v) is 1.60. The Morgan fingerprint density at radius 3 is 2.59 bits per heavy atom. The van der Waals surface area contributed by atoms with E-state index in [1.54, 1.807) is 0 Å². The summed E-state index contributed by atoms with van der Waals surface area (Å²) in [4.78, 5) is 11.7. The first-order chi connectivity index (χ1) is 10.1. The number of rotatable bonds is 5. The van der Waals surface area contributed by atoms with E-state index in [-0.39, 0.29) is 28.4 Å². The molecule has 8 heteroatoms. The topological polar surface area (TPSA) is 70.6 Å². The molecule has 0 aliphatic carbocycles. The molecule has 5 nitrogen and oxygen atoms in total. The summed E-state index contributed by atoms with van der Waals surface area (Å²) in [7, 11) is 0. The van der Waals surface area contributed by atoms with E-state index in [2.05, 4.69) is 15.4 Å². The molecule has 0 aliphatic heterocycles. The average molecular weight is 337 g/mol. The van der Waals surface area contributed by atoms with E-state index in [0.29, 0.717) is 0 Å². The number of carbonyl (C=O) groups is 1. The molecule has 1 aromatic rings. The summed E-state index contributed by atoms with van der Waals surface area (Å²) in [6, 6.07) is 3.39. The van der Waals surface area contributed by atoms with Crippen molar-refractivity contribution >= 4 is 23.3 Å². The minimum atomic E-state index is -3.01. The maximum Gasteiger partial charge on any atom is 0.387 e. The molecule has 124 valence electrons. The maximum atomic E-state index is 12.2. The molecule has 0 saturated carbocycles. The van der Waals surface area contributed by atoms with Crippen LogP contribution in [0.4, 0.5) is 19.3 Å². The van der Waals surface area contributed by atoms with Gasteiger partial charge in [0.1, 0.15) is 5.75 Å². The number of hydrogen-bond donors (Lipinski definition) is 3. The number of nitrogens with one attached hydrogen (secondary N) is 2. The molecular formula is C14H19ClF2N2O3.